The normalized spacial score (nSPS) is 10.9. The summed E-state index contributed by atoms with van der Waals surface area (Å²) in [4.78, 5) is 0. The van der Waals surface area contributed by atoms with Crippen molar-refractivity contribution in [2.45, 2.75) is 0 Å². The second-order valence-corrected chi connectivity index (χ2v) is 7.31. The van der Waals surface area contributed by atoms with Gasteiger partial charge in [-0.1, -0.05) is 91.0 Å². The molecule has 5 aromatic rings. The maximum absolute atomic E-state index is 5.97. The molecule has 0 aliphatic heterocycles. The fourth-order valence-corrected chi connectivity index (χ4v) is 3.94. The Bertz CT molecular complexity index is 1310. The van der Waals surface area contributed by atoms with Crippen LogP contribution in [-0.2, 0) is 0 Å². The molecule has 0 saturated heterocycles. The van der Waals surface area contributed by atoms with Gasteiger partial charge in [0.25, 0.3) is 0 Å². The number of benzene rings is 5. The van der Waals surface area contributed by atoms with E-state index in [0.717, 1.165) is 11.3 Å². The highest BCUT2D eigenvalue weighted by atomic mass is 14.5. The van der Waals surface area contributed by atoms with Gasteiger partial charge in [0.1, 0.15) is 0 Å². The molecule has 0 aromatic heterocycles. The SMILES string of the molecule is Nc1cccc(-c2cccc(-c3cccc(-c4cccc5ccccc45)c3)c2)c1. The van der Waals surface area contributed by atoms with E-state index in [-0.39, 0.29) is 0 Å². The van der Waals surface area contributed by atoms with Crippen LogP contribution < -0.4 is 5.73 Å². The number of hydrogen-bond acceptors (Lipinski definition) is 1. The molecule has 5 rings (SSSR count). The minimum Gasteiger partial charge on any atom is -0.399 e. The summed E-state index contributed by atoms with van der Waals surface area (Å²) < 4.78 is 0. The monoisotopic (exact) mass is 371 g/mol. The van der Waals surface area contributed by atoms with E-state index < -0.39 is 0 Å². The molecular formula is C28H21N. The van der Waals surface area contributed by atoms with Crippen molar-refractivity contribution in [2.24, 2.45) is 0 Å². The molecule has 0 saturated carbocycles. The molecule has 29 heavy (non-hydrogen) atoms. The van der Waals surface area contributed by atoms with E-state index in [4.69, 9.17) is 5.73 Å². The van der Waals surface area contributed by atoms with Crippen LogP contribution in [0, 0.1) is 0 Å². The molecule has 0 aliphatic rings. The van der Waals surface area contributed by atoms with Crippen LogP contribution in [0.4, 0.5) is 5.69 Å². The number of rotatable bonds is 3. The Kier molecular flexibility index (Phi) is 4.34. The second kappa shape index (κ2) is 7.29. The quantitative estimate of drug-likeness (QED) is 0.328. The Hall–Kier alpha value is -3.84. The summed E-state index contributed by atoms with van der Waals surface area (Å²) in [6, 6.07) is 40.5. The zero-order valence-corrected chi connectivity index (χ0v) is 16.0. The highest BCUT2D eigenvalue weighted by Crippen LogP contribution is 2.33. The Morgan fingerprint density at radius 2 is 0.931 bits per heavy atom. The lowest BCUT2D eigenvalue weighted by Crippen LogP contribution is -1.86. The largest absolute Gasteiger partial charge is 0.399 e. The lowest BCUT2D eigenvalue weighted by Gasteiger charge is -2.10. The van der Waals surface area contributed by atoms with Gasteiger partial charge in [0, 0.05) is 5.69 Å². The molecule has 2 N–H and O–H groups in total. The molecule has 0 bridgehead atoms. The van der Waals surface area contributed by atoms with Crippen LogP contribution >= 0.6 is 0 Å². The summed E-state index contributed by atoms with van der Waals surface area (Å²) in [6.07, 6.45) is 0. The Labute approximate surface area is 171 Å². The van der Waals surface area contributed by atoms with E-state index in [1.54, 1.807) is 0 Å². The number of nitrogens with two attached hydrogens (primary N) is 1. The van der Waals surface area contributed by atoms with Crippen molar-refractivity contribution in [3.8, 4) is 33.4 Å². The molecule has 0 heterocycles. The van der Waals surface area contributed by atoms with Crippen LogP contribution in [0.15, 0.2) is 115 Å². The summed E-state index contributed by atoms with van der Waals surface area (Å²) in [5.74, 6) is 0. The summed E-state index contributed by atoms with van der Waals surface area (Å²) in [6.45, 7) is 0. The molecular weight excluding hydrogens is 350 g/mol. The fourth-order valence-electron chi connectivity index (χ4n) is 3.94. The van der Waals surface area contributed by atoms with Gasteiger partial charge in [-0.05, 0) is 68.4 Å². The standard InChI is InChI=1S/C28H21N/c29-26-14-5-12-24(19-26)22-10-3-9-21(17-22)23-11-4-13-25(18-23)28-16-6-8-20-7-1-2-15-27(20)28/h1-19H,29H2. The van der Waals surface area contributed by atoms with Crippen LogP contribution in [0.25, 0.3) is 44.2 Å². The Morgan fingerprint density at radius 3 is 1.66 bits per heavy atom. The number of fused-ring (bicyclic) bond motifs is 1. The predicted molar refractivity (Wildman–Crippen MR) is 125 cm³/mol. The summed E-state index contributed by atoms with van der Waals surface area (Å²) in [5, 5.41) is 2.54. The molecule has 0 aliphatic carbocycles. The fraction of sp³-hybridized carbons (Fsp3) is 0. The van der Waals surface area contributed by atoms with E-state index >= 15 is 0 Å². The van der Waals surface area contributed by atoms with Crippen molar-refractivity contribution in [1.29, 1.82) is 0 Å². The maximum atomic E-state index is 5.97. The topological polar surface area (TPSA) is 26.0 Å². The van der Waals surface area contributed by atoms with E-state index in [2.05, 4.69) is 97.1 Å². The Balaban J connectivity index is 1.59. The summed E-state index contributed by atoms with van der Waals surface area (Å²) in [7, 11) is 0. The lowest BCUT2D eigenvalue weighted by atomic mass is 9.94. The zero-order valence-electron chi connectivity index (χ0n) is 16.0. The first-order chi connectivity index (χ1) is 14.3. The van der Waals surface area contributed by atoms with E-state index in [9.17, 15) is 0 Å². The smallest absolute Gasteiger partial charge is 0.0320 e. The third-order valence-corrected chi connectivity index (χ3v) is 5.38. The van der Waals surface area contributed by atoms with Gasteiger partial charge in [-0.25, -0.2) is 0 Å². The van der Waals surface area contributed by atoms with Crippen molar-refractivity contribution in [3.63, 3.8) is 0 Å². The maximum Gasteiger partial charge on any atom is 0.0320 e. The van der Waals surface area contributed by atoms with Crippen molar-refractivity contribution >= 4 is 16.5 Å². The van der Waals surface area contributed by atoms with Gasteiger partial charge >= 0.3 is 0 Å². The van der Waals surface area contributed by atoms with Gasteiger partial charge < -0.3 is 5.73 Å². The third-order valence-electron chi connectivity index (χ3n) is 5.38. The van der Waals surface area contributed by atoms with Crippen LogP contribution in [0.5, 0.6) is 0 Å². The first-order valence-corrected chi connectivity index (χ1v) is 9.82. The van der Waals surface area contributed by atoms with Crippen LogP contribution in [-0.4, -0.2) is 0 Å². The summed E-state index contributed by atoms with van der Waals surface area (Å²) in [5.41, 5.74) is 14.0. The Morgan fingerprint density at radius 1 is 0.414 bits per heavy atom. The van der Waals surface area contributed by atoms with Crippen molar-refractivity contribution in [3.05, 3.63) is 115 Å². The van der Waals surface area contributed by atoms with Crippen LogP contribution in [0.2, 0.25) is 0 Å². The lowest BCUT2D eigenvalue weighted by molar-refractivity contribution is 1.58. The van der Waals surface area contributed by atoms with Gasteiger partial charge in [0.15, 0.2) is 0 Å². The third kappa shape index (κ3) is 3.39. The first kappa shape index (κ1) is 17.3. The zero-order chi connectivity index (χ0) is 19.6. The molecule has 0 radical (unpaired) electrons. The van der Waals surface area contributed by atoms with Gasteiger partial charge in [-0.3, -0.25) is 0 Å². The second-order valence-electron chi connectivity index (χ2n) is 7.31. The highest BCUT2D eigenvalue weighted by Gasteiger charge is 2.07. The van der Waals surface area contributed by atoms with Gasteiger partial charge in [-0.15, -0.1) is 0 Å². The van der Waals surface area contributed by atoms with Gasteiger partial charge in [0.05, 0.1) is 0 Å². The van der Waals surface area contributed by atoms with Crippen LogP contribution in [0.3, 0.4) is 0 Å². The molecule has 0 amide bonds. The molecule has 0 fully saturated rings. The first-order valence-electron chi connectivity index (χ1n) is 9.82. The molecule has 5 aromatic carbocycles. The van der Waals surface area contributed by atoms with Gasteiger partial charge in [-0.2, -0.15) is 0 Å². The molecule has 1 nitrogen and oxygen atoms in total. The molecule has 138 valence electrons. The minimum atomic E-state index is 0.783. The van der Waals surface area contributed by atoms with Crippen molar-refractivity contribution in [1.82, 2.24) is 0 Å². The molecule has 0 atom stereocenters. The average molecular weight is 371 g/mol. The minimum absolute atomic E-state index is 0.783. The van der Waals surface area contributed by atoms with Crippen molar-refractivity contribution in [2.75, 3.05) is 5.73 Å². The van der Waals surface area contributed by atoms with Crippen molar-refractivity contribution < 1.29 is 0 Å². The molecule has 0 spiro atoms. The highest BCUT2D eigenvalue weighted by molar-refractivity contribution is 5.97. The average Bonchev–Trinajstić information content (AvgIpc) is 2.79. The summed E-state index contributed by atoms with van der Waals surface area (Å²) >= 11 is 0. The van der Waals surface area contributed by atoms with Crippen LogP contribution in [0.1, 0.15) is 0 Å². The van der Waals surface area contributed by atoms with E-state index in [0.29, 0.717) is 0 Å². The number of hydrogen-bond donors (Lipinski definition) is 1. The van der Waals surface area contributed by atoms with Gasteiger partial charge in [0.2, 0.25) is 0 Å². The molecule has 1 heteroatoms. The number of nitrogen functional groups attached to an aromatic ring is 1. The number of anilines is 1. The van der Waals surface area contributed by atoms with E-state index in [1.807, 2.05) is 18.2 Å². The molecule has 0 unspecified atom stereocenters. The predicted octanol–water partition coefficient (Wildman–Crippen LogP) is 7.42. The van der Waals surface area contributed by atoms with E-state index in [1.165, 1.54) is 38.6 Å².